The van der Waals surface area contributed by atoms with Crippen molar-refractivity contribution in [3.63, 3.8) is 0 Å². The molecule has 0 bridgehead atoms. The molecule has 10 heteroatoms. The first-order chi connectivity index (χ1) is 22.4. The van der Waals surface area contributed by atoms with Gasteiger partial charge in [-0.15, -0.1) is 12.1 Å². The van der Waals surface area contributed by atoms with Gasteiger partial charge in [0.1, 0.15) is 22.1 Å². The van der Waals surface area contributed by atoms with E-state index in [1.807, 2.05) is 72.8 Å². The third-order valence-electron chi connectivity index (χ3n) is 7.20. The number of carboxylic acid groups (broad SMARTS) is 1. The Kier molecular flexibility index (Phi) is 11.4. The number of aromatic nitrogens is 7. The van der Waals surface area contributed by atoms with E-state index in [0.29, 0.717) is 0 Å². The number of carbonyl (C=O) groups is 1. The standard InChI is InChI=1S/2C16H16N3.C6H5NO2.Ir/c2*1-16(2,3)12-8-10-13(11-9-12)19-17-14-6-4-5-7-15(14)18-19;8-6(9)5-3-1-2-4-7-5;/h2*4-10H,1-3H3;1-4H,(H,8,9);/q2*-1;;+3/p-1. The number of carbonyl (C=O) groups excluding carboxylic acids is 1. The predicted molar refractivity (Wildman–Crippen MR) is 181 cm³/mol. The summed E-state index contributed by atoms with van der Waals surface area (Å²) in [5, 5.41) is 27.8. The second-order valence-corrected chi connectivity index (χ2v) is 12.9. The Bertz CT molecular complexity index is 1880. The SMILES string of the molecule is CC(C)(C)c1c[c-]c(-n2nc3ccccc3n2)cc1.CC(C)(C)c1c[c-]c(-n2nc3ccccc3n2)cc1.O=C([O-])c1ccccn1.[Ir+3]. The zero-order valence-corrected chi connectivity index (χ0v) is 30.1. The number of hydrogen-bond donors (Lipinski definition) is 0. The van der Waals surface area contributed by atoms with Crippen molar-refractivity contribution in [1.29, 1.82) is 0 Å². The summed E-state index contributed by atoms with van der Waals surface area (Å²) >= 11 is 0. The Morgan fingerprint density at radius 2 is 0.958 bits per heavy atom. The Balaban J connectivity index is 0.000000171. The summed E-state index contributed by atoms with van der Waals surface area (Å²) in [5.74, 6) is -1.24. The van der Waals surface area contributed by atoms with Gasteiger partial charge >= 0.3 is 20.1 Å². The van der Waals surface area contributed by atoms with Gasteiger partial charge in [-0.1, -0.05) is 82.7 Å². The summed E-state index contributed by atoms with van der Waals surface area (Å²) in [5.41, 5.74) is 8.08. The molecule has 0 spiro atoms. The third-order valence-corrected chi connectivity index (χ3v) is 7.20. The Labute approximate surface area is 294 Å². The van der Waals surface area contributed by atoms with E-state index in [1.54, 1.807) is 21.7 Å². The van der Waals surface area contributed by atoms with Crippen molar-refractivity contribution in [1.82, 2.24) is 35.0 Å². The van der Waals surface area contributed by atoms with Gasteiger partial charge < -0.3 is 9.90 Å². The van der Waals surface area contributed by atoms with Crippen molar-refractivity contribution < 1.29 is 30.0 Å². The maximum atomic E-state index is 10.0. The van der Waals surface area contributed by atoms with Crippen molar-refractivity contribution in [2.75, 3.05) is 0 Å². The first-order valence-electron chi connectivity index (χ1n) is 15.2. The molecule has 0 N–H and O–H groups in total. The molecule has 0 aliphatic rings. The molecule has 0 saturated heterocycles. The van der Waals surface area contributed by atoms with Crippen molar-refractivity contribution >= 4 is 28.0 Å². The molecule has 7 rings (SSSR count). The summed E-state index contributed by atoms with van der Waals surface area (Å²) in [6, 6.07) is 39.1. The van der Waals surface area contributed by atoms with Gasteiger partial charge in [0.05, 0.1) is 11.7 Å². The first kappa shape index (κ1) is 35.8. The van der Waals surface area contributed by atoms with E-state index in [9.17, 15) is 9.90 Å². The molecule has 0 radical (unpaired) electrons. The minimum absolute atomic E-state index is 0. The summed E-state index contributed by atoms with van der Waals surface area (Å²) in [7, 11) is 0. The average molecular weight is 815 g/mol. The number of aromatic carboxylic acids is 1. The fraction of sp³-hybridized carbons (Fsp3) is 0.211. The first-order valence-corrected chi connectivity index (χ1v) is 15.2. The van der Waals surface area contributed by atoms with Crippen molar-refractivity contribution in [3.05, 3.63) is 138 Å². The summed E-state index contributed by atoms with van der Waals surface area (Å²) in [6.45, 7) is 13.1. The van der Waals surface area contributed by atoms with Gasteiger partial charge in [0.2, 0.25) is 0 Å². The smallest absolute Gasteiger partial charge is 0.543 e. The largest absolute Gasteiger partial charge is 3.00 e. The van der Waals surface area contributed by atoms with Gasteiger partial charge in [-0.2, -0.15) is 77.5 Å². The van der Waals surface area contributed by atoms with Crippen LogP contribution in [-0.4, -0.2) is 40.9 Å². The number of hydrogen-bond acceptors (Lipinski definition) is 7. The zero-order chi connectivity index (χ0) is 33.6. The summed E-state index contributed by atoms with van der Waals surface area (Å²) in [4.78, 5) is 16.8. The van der Waals surface area contributed by atoms with Crippen LogP contribution in [0.25, 0.3) is 33.4 Å². The van der Waals surface area contributed by atoms with E-state index in [-0.39, 0.29) is 36.6 Å². The van der Waals surface area contributed by atoms with Crippen LogP contribution in [0, 0.1) is 12.1 Å². The molecule has 48 heavy (non-hydrogen) atoms. The molecule has 9 nitrogen and oxygen atoms in total. The van der Waals surface area contributed by atoms with Gasteiger partial charge in [-0.3, -0.25) is 4.98 Å². The molecule has 4 aromatic carbocycles. The Hall–Kier alpha value is -5.05. The average Bonchev–Trinajstić information content (AvgIpc) is 3.70. The molecule has 0 aliphatic carbocycles. The van der Waals surface area contributed by atoms with E-state index in [0.717, 1.165) is 33.4 Å². The fourth-order valence-electron chi connectivity index (χ4n) is 4.43. The van der Waals surface area contributed by atoms with Gasteiger partial charge in [0, 0.05) is 6.20 Å². The maximum Gasteiger partial charge on any atom is 3.00 e. The van der Waals surface area contributed by atoms with E-state index in [1.165, 1.54) is 23.4 Å². The topological polar surface area (TPSA) is 114 Å². The van der Waals surface area contributed by atoms with Gasteiger partial charge in [0.15, 0.2) is 0 Å². The number of rotatable bonds is 3. The third kappa shape index (κ3) is 9.06. The number of nitrogens with zero attached hydrogens (tertiary/aromatic N) is 7. The molecule has 0 aliphatic heterocycles. The molecular weight excluding hydrogens is 779 g/mol. The molecule has 7 aromatic rings. The number of fused-ring (bicyclic) bond motifs is 2. The van der Waals surface area contributed by atoms with E-state index < -0.39 is 5.97 Å². The molecule has 244 valence electrons. The molecular formula is C38H36IrN7O2. The van der Waals surface area contributed by atoms with Crippen LogP contribution in [0.1, 0.15) is 63.2 Å². The van der Waals surface area contributed by atoms with Gasteiger partial charge in [-0.05, 0) is 47.8 Å². The second-order valence-electron chi connectivity index (χ2n) is 12.9. The van der Waals surface area contributed by atoms with Crippen LogP contribution in [0.4, 0.5) is 0 Å². The van der Waals surface area contributed by atoms with Gasteiger partial charge in [0.25, 0.3) is 0 Å². The predicted octanol–water partition coefficient (Wildman–Crippen LogP) is 6.48. The van der Waals surface area contributed by atoms with E-state index in [2.05, 4.69) is 91.2 Å². The number of benzene rings is 4. The molecule has 0 atom stereocenters. The Morgan fingerprint density at radius 1 is 0.583 bits per heavy atom. The van der Waals surface area contributed by atoms with E-state index in [4.69, 9.17) is 0 Å². The quantitative estimate of drug-likeness (QED) is 0.188. The van der Waals surface area contributed by atoms with Crippen LogP contribution in [0.15, 0.2) is 109 Å². The normalized spacial score (nSPS) is 11.1. The van der Waals surface area contributed by atoms with Crippen LogP contribution in [0.5, 0.6) is 0 Å². The monoisotopic (exact) mass is 815 g/mol. The van der Waals surface area contributed by atoms with Crippen LogP contribution in [-0.2, 0) is 30.9 Å². The zero-order valence-electron chi connectivity index (χ0n) is 27.7. The molecule has 0 unspecified atom stereocenters. The van der Waals surface area contributed by atoms with Crippen LogP contribution >= 0.6 is 0 Å². The molecule has 0 saturated carbocycles. The van der Waals surface area contributed by atoms with Crippen molar-refractivity contribution in [2.45, 2.75) is 52.4 Å². The summed E-state index contributed by atoms with van der Waals surface area (Å²) < 4.78 is 0. The Morgan fingerprint density at radius 3 is 1.21 bits per heavy atom. The van der Waals surface area contributed by atoms with Crippen molar-refractivity contribution in [2.24, 2.45) is 0 Å². The van der Waals surface area contributed by atoms with Crippen LogP contribution in [0.3, 0.4) is 0 Å². The van der Waals surface area contributed by atoms with Crippen molar-refractivity contribution in [3.8, 4) is 11.4 Å². The molecule has 3 aromatic heterocycles. The number of pyridine rings is 1. The minimum atomic E-state index is -1.24. The van der Waals surface area contributed by atoms with Crippen LogP contribution in [0.2, 0.25) is 0 Å². The summed E-state index contributed by atoms with van der Waals surface area (Å²) in [6.07, 6.45) is 1.41. The molecule has 3 heterocycles. The van der Waals surface area contributed by atoms with Gasteiger partial charge in [-0.25, -0.2) is 0 Å². The molecule has 0 amide bonds. The second kappa shape index (κ2) is 15.2. The van der Waals surface area contributed by atoms with E-state index >= 15 is 0 Å². The number of carboxylic acids is 1. The fourth-order valence-corrected chi connectivity index (χ4v) is 4.43. The minimum Gasteiger partial charge on any atom is -0.543 e. The van der Waals surface area contributed by atoms with Crippen LogP contribution < -0.4 is 5.11 Å². The molecule has 0 fully saturated rings. The maximum absolute atomic E-state index is 10.0.